The van der Waals surface area contributed by atoms with E-state index < -0.39 is 0 Å². The lowest BCUT2D eigenvalue weighted by Gasteiger charge is -2.15. The number of alkyl halides is 1. The van der Waals surface area contributed by atoms with Gasteiger partial charge in [0.25, 0.3) is 0 Å². The molecule has 15 heavy (non-hydrogen) atoms. The second-order valence-corrected chi connectivity index (χ2v) is 5.17. The van der Waals surface area contributed by atoms with E-state index in [0.29, 0.717) is 28.4 Å². The molecule has 82 valence electrons. The lowest BCUT2D eigenvalue weighted by Crippen LogP contribution is -2.22. The van der Waals surface area contributed by atoms with Crippen LogP contribution in [0.25, 0.3) is 0 Å². The first-order valence-corrected chi connectivity index (χ1v) is 6.14. The van der Waals surface area contributed by atoms with Gasteiger partial charge in [-0.05, 0) is 30.0 Å². The summed E-state index contributed by atoms with van der Waals surface area (Å²) in [6.07, 6.45) is 1.05. The fourth-order valence-electron chi connectivity index (χ4n) is 2.11. The van der Waals surface area contributed by atoms with Gasteiger partial charge in [0.1, 0.15) is 0 Å². The van der Waals surface area contributed by atoms with Crippen LogP contribution in [-0.2, 0) is 5.41 Å². The average Bonchev–Trinajstić information content (AvgIpc) is 2.97. The third-order valence-electron chi connectivity index (χ3n) is 3.28. The predicted molar refractivity (Wildman–Crippen MR) is 66.0 cm³/mol. The first kappa shape index (κ1) is 11.5. The van der Waals surface area contributed by atoms with E-state index in [1.807, 2.05) is 18.2 Å². The molecule has 1 fully saturated rings. The summed E-state index contributed by atoms with van der Waals surface area (Å²) >= 11 is 17.7. The Morgan fingerprint density at radius 1 is 1.33 bits per heavy atom. The second-order valence-electron chi connectivity index (χ2n) is 4.04. The molecule has 2 N–H and O–H groups in total. The summed E-state index contributed by atoms with van der Waals surface area (Å²) in [7, 11) is 0. The van der Waals surface area contributed by atoms with Crippen LogP contribution in [0.1, 0.15) is 12.0 Å². The minimum atomic E-state index is 0.0377. The molecular formula is C11H12Cl3N. The Labute approximate surface area is 104 Å². The van der Waals surface area contributed by atoms with E-state index in [9.17, 15) is 0 Å². The normalized spacial score (nSPS) is 29.2. The zero-order chi connectivity index (χ0) is 11.1. The van der Waals surface area contributed by atoms with Crippen LogP contribution >= 0.6 is 34.8 Å². The zero-order valence-corrected chi connectivity index (χ0v) is 10.4. The smallest absolute Gasteiger partial charge is 0.0595 e. The van der Waals surface area contributed by atoms with Gasteiger partial charge < -0.3 is 5.73 Å². The fraction of sp³-hybridized carbons (Fsp3) is 0.455. The molecule has 2 rings (SSSR count). The van der Waals surface area contributed by atoms with Gasteiger partial charge in [0.2, 0.25) is 0 Å². The third-order valence-corrected chi connectivity index (χ3v) is 4.39. The van der Waals surface area contributed by atoms with Crippen LogP contribution in [0.2, 0.25) is 10.0 Å². The van der Waals surface area contributed by atoms with Gasteiger partial charge in [-0.1, -0.05) is 29.3 Å². The van der Waals surface area contributed by atoms with Gasteiger partial charge in [0, 0.05) is 17.8 Å². The number of halogens is 3. The van der Waals surface area contributed by atoms with Crippen molar-refractivity contribution in [1.29, 1.82) is 0 Å². The molecule has 2 atom stereocenters. The minimum Gasteiger partial charge on any atom is -0.330 e. The summed E-state index contributed by atoms with van der Waals surface area (Å²) in [5.74, 6) is 1.12. The van der Waals surface area contributed by atoms with Crippen molar-refractivity contribution in [2.75, 3.05) is 12.4 Å². The highest BCUT2D eigenvalue weighted by Gasteiger charge is 2.53. The lowest BCUT2D eigenvalue weighted by atomic mass is 9.94. The van der Waals surface area contributed by atoms with Gasteiger partial charge in [-0.15, -0.1) is 11.6 Å². The number of hydrogen-bond acceptors (Lipinski definition) is 1. The third kappa shape index (κ3) is 1.87. The van der Waals surface area contributed by atoms with Gasteiger partial charge in [-0.3, -0.25) is 0 Å². The van der Waals surface area contributed by atoms with Crippen molar-refractivity contribution in [2.45, 2.75) is 11.8 Å². The highest BCUT2D eigenvalue weighted by atomic mass is 35.5. The van der Waals surface area contributed by atoms with Crippen molar-refractivity contribution < 1.29 is 0 Å². The monoisotopic (exact) mass is 263 g/mol. The Balaban J connectivity index is 2.33. The second kappa shape index (κ2) is 4.14. The summed E-state index contributed by atoms with van der Waals surface area (Å²) in [6, 6.07) is 5.72. The van der Waals surface area contributed by atoms with Crippen molar-refractivity contribution in [3.63, 3.8) is 0 Å². The highest BCUT2D eigenvalue weighted by Crippen LogP contribution is 2.54. The molecular weight excluding hydrogens is 252 g/mol. The fourth-order valence-corrected chi connectivity index (χ4v) is 2.81. The Kier molecular flexibility index (Phi) is 3.18. The maximum Gasteiger partial charge on any atom is 0.0595 e. The van der Waals surface area contributed by atoms with Crippen molar-refractivity contribution in [2.24, 2.45) is 11.7 Å². The molecule has 0 bridgehead atoms. The molecule has 0 heterocycles. The van der Waals surface area contributed by atoms with Crippen LogP contribution < -0.4 is 5.73 Å². The molecule has 0 aromatic heterocycles. The molecule has 0 radical (unpaired) electrons. The van der Waals surface area contributed by atoms with E-state index in [1.54, 1.807) is 0 Å². The molecule has 1 aliphatic rings. The largest absolute Gasteiger partial charge is 0.330 e. The first-order valence-electron chi connectivity index (χ1n) is 4.85. The zero-order valence-electron chi connectivity index (χ0n) is 8.14. The maximum atomic E-state index is 5.99. The molecule has 0 amide bonds. The predicted octanol–water partition coefficient (Wildman–Crippen LogP) is 3.45. The van der Waals surface area contributed by atoms with E-state index in [2.05, 4.69) is 0 Å². The van der Waals surface area contributed by atoms with Crippen LogP contribution in [0.3, 0.4) is 0 Å². The molecule has 0 spiro atoms. The number of rotatable bonds is 3. The summed E-state index contributed by atoms with van der Waals surface area (Å²) in [5.41, 5.74) is 7.02. The minimum absolute atomic E-state index is 0.0377. The Morgan fingerprint density at radius 3 is 2.53 bits per heavy atom. The van der Waals surface area contributed by atoms with Crippen molar-refractivity contribution >= 4 is 34.8 Å². The van der Waals surface area contributed by atoms with Gasteiger partial charge >= 0.3 is 0 Å². The molecule has 1 nitrogen and oxygen atoms in total. The van der Waals surface area contributed by atoms with Crippen LogP contribution in [-0.4, -0.2) is 12.4 Å². The SMILES string of the molecule is NC[C@]1(c2ccc(Cl)c(Cl)c2)C[C@@H]1CCl. The van der Waals surface area contributed by atoms with Crippen LogP contribution in [0.4, 0.5) is 0 Å². The Morgan fingerprint density at radius 2 is 2.07 bits per heavy atom. The van der Waals surface area contributed by atoms with Crippen molar-refractivity contribution in [3.8, 4) is 0 Å². The van der Waals surface area contributed by atoms with Gasteiger partial charge in [-0.25, -0.2) is 0 Å². The van der Waals surface area contributed by atoms with Gasteiger partial charge in [0.15, 0.2) is 0 Å². The molecule has 1 aromatic carbocycles. The number of nitrogens with two attached hydrogens (primary N) is 1. The van der Waals surface area contributed by atoms with E-state index in [-0.39, 0.29) is 5.41 Å². The standard InChI is InChI=1S/C11H12Cl3N/c12-5-8-4-11(8,6-15)7-1-2-9(13)10(14)3-7/h1-3,8H,4-6,15H2/t8-,11+/m1/s1. The van der Waals surface area contributed by atoms with E-state index in [0.717, 1.165) is 12.0 Å². The molecule has 4 heteroatoms. The highest BCUT2D eigenvalue weighted by molar-refractivity contribution is 6.42. The average molecular weight is 265 g/mol. The van der Waals surface area contributed by atoms with Crippen LogP contribution in [0.5, 0.6) is 0 Å². The van der Waals surface area contributed by atoms with Crippen LogP contribution in [0.15, 0.2) is 18.2 Å². The topological polar surface area (TPSA) is 26.0 Å². The summed E-state index contributed by atoms with van der Waals surface area (Å²) in [5, 5.41) is 1.16. The molecule has 0 saturated heterocycles. The number of benzene rings is 1. The van der Waals surface area contributed by atoms with Crippen molar-refractivity contribution in [1.82, 2.24) is 0 Å². The van der Waals surface area contributed by atoms with Crippen LogP contribution in [0, 0.1) is 5.92 Å². The lowest BCUT2D eigenvalue weighted by molar-refractivity contribution is 0.644. The summed E-state index contributed by atoms with van der Waals surface area (Å²) in [4.78, 5) is 0. The van der Waals surface area contributed by atoms with E-state index in [4.69, 9.17) is 40.5 Å². The summed E-state index contributed by atoms with van der Waals surface area (Å²) in [6.45, 7) is 0.613. The van der Waals surface area contributed by atoms with Crippen molar-refractivity contribution in [3.05, 3.63) is 33.8 Å². The van der Waals surface area contributed by atoms with E-state index in [1.165, 1.54) is 0 Å². The van der Waals surface area contributed by atoms with Gasteiger partial charge in [0.05, 0.1) is 10.0 Å². The molecule has 0 aliphatic heterocycles. The summed E-state index contributed by atoms with van der Waals surface area (Å²) < 4.78 is 0. The Hall–Kier alpha value is 0.0500. The van der Waals surface area contributed by atoms with E-state index >= 15 is 0 Å². The quantitative estimate of drug-likeness (QED) is 0.832. The maximum absolute atomic E-state index is 5.99. The molecule has 1 aliphatic carbocycles. The number of hydrogen-bond donors (Lipinski definition) is 1. The molecule has 1 aromatic rings. The first-order chi connectivity index (χ1) is 7.14. The molecule has 1 saturated carbocycles. The molecule has 0 unspecified atom stereocenters. The Bertz CT molecular complexity index is 380. The van der Waals surface area contributed by atoms with Gasteiger partial charge in [-0.2, -0.15) is 0 Å².